The Morgan fingerprint density at radius 3 is 2.81 bits per heavy atom. The summed E-state index contributed by atoms with van der Waals surface area (Å²) in [6, 6.07) is 4.83. The van der Waals surface area contributed by atoms with E-state index in [-0.39, 0.29) is 25.1 Å². The fraction of sp³-hybridized carbons (Fsp3) is 0.500. The van der Waals surface area contributed by atoms with Crippen molar-refractivity contribution in [3.8, 4) is 0 Å². The van der Waals surface area contributed by atoms with Crippen molar-refractivity contribution in [1.82, 2.24) is 4.90 Å². The molecular weight excluding hydrogens is 285 g/mol. The molecule has 4 nitrogen and oxygen atoms in total. The van der Waals surface area contributed by atoms with Crippen LogP contribution in [-0.2, 0) is 22.3 Å². The highest BCUT2D eigenvalue weighted by Crippen LogP contribution is 2.30. The second-order valence-corrected chi connectivity index (χ2v) is 4.97. The number of hydrogen-bond acceptors (Lipinski definition) is 3. The predicted octanol–water partition coefficient (Wildman–Crippen LogP) is 1.78. The maximum absolute atomic E-state index is 12.7. The molecule has 1 aromatic rings. The minimum absolute atomic E-state index is 0.0416. The van der Waals surface area contributed by atoms with E-state index in [0.717, 1.165) is 12.1 Å². The van der Waals surface area contributed by atoms with Crippen molar-refractivity contribution in [3.63, 3.8) is 0 Å². The number of nitrogens with zero attached hydrogens (tertiary/aromatic N) is 1. The van der Waals surface area contributed by atoms with Crippen LogP contribution in [0.4, 0.5) is 13.2 Å². The molecule has 0 bridgehead atoms. The number of amides is 1. The van der Waals surface area contributed by atoms with Crippen molar-refractivity contribution in [2.75, 3.05) is 19.8 Å². The molecular formula is C14H17F3N2O2. The summed E-state index contributed by atoms with van der Waals surface area (Å²) in [6.45, 7) is 0.846. The van der Waals surface area contributed by atoms with Gasteiger partial charge in [0, 0.05) is 6.54 Å². The Balaban J connectivity index is 2.17. The van der Waals surface area contributed by atoms with Gasteiger partial charge in [0.05, 0.1) is 18.2 Å². The van der Waals surface area contributed by atoms with Gasteiger partial charge in [-0.05, 0) is 30.7 Å². The van der Waals surface area contributed by atoms with Crippen molar-refractivity contribution in [2.45, 2.75) is 25.2 Å². The van der Waals surface area contributed by atoms with E-state index < -0.39 is 11.7 Å². The van der Waals surface area contributed by atoms with Gasteiger partial charge in [-0.2, -0.15) is 13.2 Å². The average molecular weight is 302 g/mol. The van der Waals surface area contributed by atoms with E-state index in [9.17, 15) is 18.0 Å². The van der Waals surface area contributed by atoms with Crippen LogP contribution in [0.1, 0.15) is 17.5 Å². The Bertz CT molecular complexity index is 503. The van der Waals surface area contributed by atoms with Gasteiger partial charge in [0.15, 0.2) is 0 Å². The molecule has 1 aliphatic rings. The van der Waals surface area contributed by atoms with Crippen LogP contribution >= 0.6 is 0 Å². The van der Waals surface area contributed by atoms with Crippen molar-refractivity contribution >= 4 is 5.91 Å². The number of benzene rings is 1. The summed E-state index contributed by atoms with van der Waals surface area (Å²) in [4.78, 5) is 13.5. The lowest BCUT2D eigenvalue weighted by molar-refractivity contribution is -0.149. The largest absolute Gasteiger partial charge is 0.416 e. The molecule has 2 rings (SSSR count). The zero-order valence-electron chi connectivity index (χ0n) is 11.4. The maximum Gasteiger partial charge on any atom is 0.416 e. The van der Waals surface area contributed by atoms with E-state index in [1.807, 2.05) is 0 Å². The zero-order chi connectivity index (χ0) is 15.5. The van der Waals surface area contributed by atoms with E-state index in [4.69, 9.17) is 10.5 Å². The number of carbonyl (C=O) groups is 1. The van der Waals surface area contributed by atoms with E-state index >= 15 is 0 Å². The molecule has 0 radical (unpaired) electrons. The highest BCUT2D eigenvalue weighted by Gasteiger charge is 2.32. The van der Waals surface area contributed by atoms with Crippen molar-refractivity contribution in [3.05, 3.63) is 35.4 Å². The van der Waals surface area contributed by atoms with Crippen molar-refractivity contribution in [2.24, 2.45) is 5.73 Å². The Morgan fingerprint density at radius 1 is 1.38 bits per heavy atom. The highest BCUT2D eigenvalue weighted by molar-refractivity contribution is 5.78. The number of nitrogens with two attached hydrogens (primary N) is 1. The van der Waals surface area contributed by atoms with Gasteiger partial charge in [-0.3, -0.25) is 4.79 Å². The van der Waals surface area contributed by atoms with Gasteiger partial charge >= 0.3 is 6.18 Å². The number of ether oxygens (including phenoxy) is 1. The monoisotopic (exact) mass is 302 g/mol. The molecule has 0 spiro atoms. The van der Waals surface area contributed by atoms with Gasteiger partial charge in [-0.25, -0.2) is 0 Å². The van der Waals surface area contributed by atoms with E-state index in [1.54, 1.807) is 11.0 Å². The molecule has 2 N–H and O–H groups in total. The normalized spacial score (nSPS) is 19.9. The van der Waals surface area contributed by atoms with Crippen LogP contribution in [0.2, 0.25) is 0 Å². The lowest BCUT2D eigenvalue weighted by Gasteiger charge is -2.35. The van der Waals surface area contributed by atoms with Crippen LogP contribution in [-0.4, -0.2) is 36.6 Å². The van der Waals surface area contributed by atoms with Gasteiger partial charge in [-0.15, -0.1) is 0 Å². The number of carbonyl (C=O) groups excluding carboxylic acids is 1. The summed E-state index contributed by atoms with van der Waals surface area (Å²) >= 11 is 0. The highest BCUT2D eigenvalue weighted by atomic mass is 19.4. The van der Waals surface area contributed by atoms with Gasteiger partial charge < -0.3 is 15.4 Å². The first-order valence-corrected chi connectivity index (χ1v) is 6.65. The molecule has 0 aliphatic carbocycles. The second kappa shape index (κ2) is 6.44. The maximum atomic E-state index is 12.7. The number of morpholine rings is 1. The molecule has 1 aliphatic heterocycles. The molecule has 1 heterocycles. The first kappa shape index (κ1) is 15.8. The molecule has 1 unspecified atom stereocenters. The summed E-state index contributed by atoms with van der Waals surface area (Å²) < 4.78 is 43.3. The van der Waals surface area contributed by atoms with Crippen molar-refractivity contribution in [1.29, 1.82) is 0 Å². The van der Waals surface area contributed by atoms with Crippen molar-refractivity contribution < 1.29 is 22.7 Å². The Morgan fingerprint density at radius 2 is 2.14 bits per heavy atom. The number of hydrogen-bond donors (Lipinski definition) is 1. The first-order chi connectivity index (χ1) is 9.91. The number of alkyl halides is 3. The third kappa shape index (κ3) is 3.95. The molecule has 7 heteroatoms. The molecule has 1 atom stereocenters. The predicted molar refractivity (Wildman–Crippen MR) is 70.3 cm³/mol. The fourth-order valence-electron chi connectivity index (χ4n) is 2.35. The van der Waals surface area contributed by atoms with Crippen LogP contribution in [0, 0.1) is 0 Å². The summed E-state index contributed by atoms with van der Waals surface area (Å²) in [5.41, 5.74) is 5.23. The van der Waals surface area contributed by atoms with Crippen LogP contribution in [0.15, 0.2) is 24.3 Å². The van der Waals surface area contributed by atoms with Crippen LogP contribution in [0.25, 0.3) is 0 Å². The molecule has 0 saturated carbocycles. The Hall–Kier alpha value is -1.60. The molecule has 1 saturated heterocycles. The number of halogens is 3. The molecule has 21 heavy (non-hydrogen) atoms. The first-order valence-electron chi connectivity index (χ1n) is 6.65. The third-order valence-corrected chi connectivity index (χ3v) is 3.40. The SMILES string of the molecule is NCCC1COCC(=O)N1Cc1cccc(C(F)(F)F)c1. The quantitative estimate of drug-likeness (QED) is 0.922. The summed E-state index contributed by atoms with van der Waals surface area (Å²) in [5.74, 6) is -0.225. The fourth-order valence-corrected chi connectivity index (χ4v) is 2.35. The van der Waals surface area contributed by atoms with E-state index in [0.29, 0.717) is 25.1 Å². The molecule has 0 aromatic heterocycles. The number of rotatable bonds is 4. The summed E-state index contributed by atoms with van der Waals surface area (Å²) in [6.07, 6.45) is -3.83. The standard InChI is InChI=1S/C14H17F3N2O2/c15-14(16,17)11-3-1-2-10(6-11)7-19-12(4-5-18)8-21-9-13(19)20/h1-3,6,12H,4-5,7-9,18H2. The Kier molecular flexibility index (Phi) is 4.84. The van der Waals surface area contributed by atoms with E-state index in [1.165, 1.54) is 6.07 Å². The zero-order valence-corrected chi connectivity index (χ0v) is 11.4. The topological polar surface area (TPSA) is 55.6 Å². The summed E-state index contributed by atoms with van der Waals surface area (Å²) in [7, 11) is 0. The summed E-state index contributed by atoms with van der Waals surface area (Å²) in [5, 5.41) is 0. The minimum Gasteiger partial charge on any atom is -0.369 e. The van der Waals surface area contributed by atoms with Gasteiger partial charge in [0.1, 0.15) is 6.61 Å². The lowest BCUT2D eigenvalue weighted by atomic mass is 10.1. The Labute approximate surface area is 120 Å². The van der Waals surface area contributed by atoms with Crippen LogP contribution in [0.3, 0.4) is 0 Å². The molecule has 1 amide bonds. The minimum atomic E-state index is -4.39. The van der Waals surface area contributed by atoms with Gasteiger partial charge in [0.25, 0.3) is 0 Å². The van der Waals surface area contributed by atoms with E-state index in [2.05, 4.69) is 0 Å². The van der Waals surface area contributed by atoms with Crippen LogP contribution < -0.4 is 5.73 Å². The van der Waals surface area contributed by atoms with Gasteiger partial charge in [0.2, 0.25) is 5.91 Å². The molecule has 116 valence electrons. The molecule has 1 aromatic carbocycles. The third-order valence-electron chi connectivity index (χ3n) is 3.40. The molecule has 1 fully saturated rings. The van der Waals surface area contributed by atoms with Crippen LogP contribution in [0.5, 0.6) is 0 Å². The van der Waals surface area contributed by atoms with Gasteiger partial charge in [-0.1, -0.05) is 12.1 Å². The average Bonchev–Trinajstić information content (AvgIpc) is 2.42. The lowest BCUT2D eigenvalue weighted by Crippen LogP contribution is -2.49. The smallest absolute Gasteiger partial charge is 0.369 e. The second-order valence-electron chi connectivity index (χ2n) is 4.97.